The molecule has 1 N–H and O–H groups in total. The van der Waals surface area contributed by atoms with Gasteiger partial charge in [0.15, 0.2) is 0 Å². The zero-order valence-corrected chi connectivity index (χ0v) is 12.5. The van der Waals surface area contributed by atoms with Gasteiger partial charge in [0.2, 0.25) is 0 Å². The van der Waals surface area contributed by atoms with E-state index in [0.29, 0.717) is 6.04 Å². The van der Waals surface area contributed by atoms with Crippen LogP contribution in [0, 0.1) is 13.8 Å². The summed E-state index contributed by atoms with van der Waals surface area (Å²) in [5, 5.41) is 3.61. The van der Waals surface area contributed by atoms with E-state index in [-0.39, 0.29) is 0 Å². The number of rotatable bonds is 3. The van der Waals surface area contributed by atoms with E-state index in [4.69, 9.17) is 0 Å². The topological polar surface area (TPSA) is 29.9 Å². The second-order valence-corrected chi connectivity index (χ2v) is 6.74. The Bertz CT molecular complexity index is 530. The van der Waals surface area contributed by atoms with Gasteiger partial charge in [0.1, 0.15) is 0 Å². The van der Waals surface area contributed by atoms with Gasteiger partial charge >= 0.3 is 0 Å². The van der Waals surface area contributed by atoms with Gasteiger partial charge in [-0.2, -0.15) is 0 Å². The van der Waals surface area contributed by atoms with Crippen LogP contribution in [0.5, 0.6) is 0 Å². The van der Waals surface area contributed by atoms with Crippen molar-refractivity contribution in [2.24, 2.45) is 0 Å². The zero-order chi connectivity index (χ0) is 13.2. The van der Waals surface area contributed by atoms with Crippen molar-refractivity contribution in [3.8, 4) is 0 Å². The summed E-state index contributed by atoms with van der Waals surface area (Å²) in [5.41, 5.74) is 2.74. The predicted octanol–water partition coefficient (Wildman–Crippen LogP) is 3.42. The van der Waals surface area contributed by atoms with Crippen LogP contribution in [0.4, 0.5) is 0 Å². The largest absolute Gasteiger partial charge is 0.328 e. The first kappa shape index (κ1) is 12.9. The molecule has 0 aromatic carbocycles. The molecule has 1 aliphatic rings. The van der Waals surface area contributed by atoms with Crippen molar-refractivity contribution in [3.05, 3.63) is 39.6 Å². The molecule has 19 heavy (non-hydrogen) atoms. The molecule has 1 aliphatic heterocycles. The first-order valence-corrected chi connectivity index (χ1v) is 7.85. The van der Waals surface area contributed by atoms with Crippen molar-refractivity contribution < 1.29 is 0 Å². The molecule has 2 aromatic rings. The van der Waals surface area contributed by atoms with E-state index in [1.165, 1.54) is 40.3 Å². The van der Waals surface area contributed by atoms with Crippen molar-refractivity contribution in [3.63, 3.8) is 0 Å². The van der Waals surface area contributed by atoms with Crippen LogP contribution in [0.25, 0.3) is 0 Å². The highest BCUT2D eigenvalue weighted by atomic mass is 32.1. The van der Waals surface area contributed by atoms with Gasteiger partial charge < -0.3 is 9.88 Å². The Hall–Kier alpha value is -1.13. The standard InChI is InChI=1S/C15H21N3S/c1-11-7-13(19-12(11)2)9-18-10-16-8-15(18)14-5-3-4-6-17-14/h7-8,10,14,17H,3-6,9H2,1-2H3. The number of nitrogens with one attached hydrogen (secondary N) is 1. The van der Waals surface area contributed by atoms with E-state index < -0.39 is 0 Å². The Morgan fingerprint density at radius 3 is 3.00 bits per heavy atom. The minimum Gasteiger partial charge on any atom is -0.328 e. The van der Waals surface area contributed by atoms with Crippen LogP contribution in [0.1, 0.15) is 46.3 Å². The van der Waals surface area contributed by atoms with Gasteiger partial charge in [0.05, 0.1) is 18.6 Å². The van der Waals surface area contributed by atoms with Gasteiger partial charge in [0.25, 0.3) is 0 Å². The van der Waals surface area contributed by atoms with Gasteiger partial charge in [-0.3, -0.25) is 0 Å². The number of aryl methyl sites for hydroxylation is 2. The zero-order valence-electron chi connectivity index (χ0n) is 11.6. The number of nitrogens with zero attached hydrogens (tertiary/aromatic N) is 2. The molecule has 2 aromatic heterocycles. The highest BCUT2D eigenvalue weighted by Gasteiger charge is 2.18. The first-order valence-electron chi connectivity index (χ1n) is 7.03. The molecule has 3 nitrogen and oxygen atoms in total. The van der Waals surface area contributed by atoms with E-state index in [2.05, 4.69) is 34.8 Å². The lowest BCUT2D eigenvalue weighted by atomic mass is 10.0. The van der Waals surface area contributed by atoms with Crippen LogP contribution in [0.3, 0.4) is 0 Å². The molecule has 0 saturated carbocycles. The van der Waals surface area contributed by atoms with Crippen molar-refractivity contribution in [2.75, 3.05) is 6.54 Å². The highest BCUT2D eigenvalue weighted by Crippen LogP contribution is 2.25. The summed E-state index contributed by atoms with van der Waals surface area (Å²) in [6.07, 6.45) is 7.84. The average molecular weight is 275 g/mol. The van der Waals surface area contributed by atoms with Gasteiger partial charge in [-0.25, -0.2) is 4.98 Å². The van der Waals surface area contributed by atoms with Crippen LogP contribution < -0.4 is 5.32 Å². The fourth-order valence-corrected chi connectivity index (χ4v) is 3.81. The second kappa shape index (κ2) is 5.47. The molecular formula is C15H21N3S. The predicted molar refractivity (Wildman–Crippen MR) is 79.7 cm³/mol. The molecule has 4 heteroatoms. The molecule has 1 fully saturated rings. The van der Waals surface area contributed by atoms with Crippen LogP contribution in [-0.4, -0.2) is 16.1 Å². The summed E-state index contributed by atoms with van der Waals surface area (Å²) in [4.78, 5) is 7.20. The third kappa shape index (κ3) is 2.74. The number of aromatic nitrogens is 2. The maximum Gasteiger partial charge on any atom is 0.0952 e. The smallest absolute Gasteiger partial charge is 0.0952 e. The third-order valence-corrected chi connectivity index (χ3v) is 5.09. The maximum atomic E-state index is 4.35. The molecule has 0 bridgehead atoms. The lowest BCUT2D eigenvalue weighted by molar-refractivity contribution is 0.396. The molecule has 102 valence electrons. The van der Waals surface area contributed by atoms with Gasteiger partial charge in [0, 0.05) is 22.0 Å². The number of thiophene rings is 1. The van der Waals surface area contributed by atoms with Crippen molar-refractivity contribution in [2.45, 2.75) is 45.7 Å². The van der Waals surface area contributed by atoms with Crippen LogP contribution >= 0.6 is 11.3 Å². The number of hydrogen-bond acceptors (Lipinski definition) is 3. The first-order chi connectivity index (χ1) is 9.24. The molecule has 0 aliphatic carbocycles. The van der Waals surface area contributed by atoms with E-state index in [9.17, 15) is 0 Å². The summed E-state index contributed by atoms with van der Waals surface area (Å²) in [7, 11) is 0. The van der Waals surface area contributed by atoms with Crippen LogP contribution in [0.15, 0.2) is 18.6 Å². The Morgan fingerprint density at radius 1 is 1.42 bits per heavy atom. The fraction of sp³-hybridized carbons (Fsp3) is 0.533. The van der Waals surface area contributed by atoms with Crippen molar-refractivity contribution in [1.82, 2.24) is 14.9 Å². The monoisotopic (exact) mass is 275 g/mol. The van der Waals surface area contributed by atoms with Crippen LogP contribution in [0.2, 0.25) is 0 Å². The lowest BCUT2D eigenvalue weighted by Gasteiger charge is -2.24. The summed E-state index contributed by atoms with van der Waals surface area (Å²) in [6.45, 7) is 6.47. The van der Waals surface area contributed by atoms with Gasteiger partial charge in [-0.15, -0.1) is 11.3 Å². The Kier molecular flexibility index (Phi) is 3.71. The number of hydrogen-bond donors (Lipinski definition) is 1. The van der Waals surface area contributed by atoms with E-state index in [1.807, 2.05) is 23.9 Å². The molecule has 1 atom stereocenters. The van der Waals surface area contributed by atoms with E-state index >= 15 is 0 Å². The minimum atomic E-state index is 0.485. The van der Waals surface area contributed by atoms with Crippen molar-refractivity contribution >= 4 is 11.3 Å². The maximum absolute atomic E-state index is 4.35. The minimum absolute atomic E-state index is 0.485. The summed E-state index contributed by atoms with van der Waals surface area (Å²) < 4.78 is 2.30. The second-order valence-electron chi connectivity index (χ2n) is 5.40. The molecule has 0 radical (unpaired) electrons. The number of piperidine rings is 1. The molecule has 3 heterocycles. The van der Waals surface area contributed by atoms with Gasteiger partial charge in [-0.05, 0) is 44.9 Å². The Balaban J connectivity index is 1.79. The molecule has 0 spiro atoms. The number of imidazole rings is 1. The summed E-state index contributed by atoms with van der Waals surface area (Å²) in [5.74, 6) is 0. The summed E-state index contributed by atoms with van der Waals surface area (Å²) >= 11 is 1.90. The molecule has 3 rings (SSSR count). The highest BCUT2D eigenvalue weighted by molar-refractivity contribution is 7.12. The third-order valence-electron chi connectivity index (χ3n) is 3.96. The van der Waals surface area contributed by atoms with Crippen LogP contribution in [-0.2, 0) is 6.54 Å². The molecule has 1 unspecified atom stereocenters. The lowest BCUT2D eigenvalue weighted by Crippen LogP contribution is -2.28. The normalized spacial score (nSPS) is 19.8. The molecular weight excluding hydrogens is 254 g/mol. The van der Waals surface area contributed by atoms with Crippen molar-refractivity contribution in [1.29, 1.82) is 0 Å². The van der Waals surface area contributed by atoms with Gasteiger partial charge in [-0.1, -0.05) is 6.42 Å². The average Bonchev–Trinajstić information content (AvgIpc) is 2.99. The van der Waals surface area contributed by atoms with E-state index in [1.54, 1.807) is 0 Å². The molecule has 0 amide bonds. The molecule has 1 saturated heterocycles. The van der Waals surface area contributed by atoms with E-state index in [0.717, 1.165) is 13.1 Å². The quantitative estimate of drug-likeness (QED) is 0.930. The Morgan fingerprint density at radius 2 is 2.32 bits per heavy atom. The SMILES string of the molecule is Cc1cc(Cn2cncc2C2CCCCN2)sc1C. The summed E-state index contributed by atoms with van der Waals surface area (Å²) in [6, 6.07) is 2.79. The Labute approximate surface area is 118 Å². The fourth-order valence-electron chi connectivity index (χ4n) is 2.75.